The summed E-state index contributed by atoms with van der Waals surface area (Å²) < 4.78 is 39.0. The number of morpholine rings is 1. The van der Waals surface area contributed by atoms with Crippen LogP contribution in [0.2, 0.25) is 0 Å². The summed E-state index contributed by atoms with van der Waals surface area (Å²) in [6.45, 7) is 2.93. The summed E-state index contributed by atoms with van der Waals surface area (Å²) in [7, 11) is -1.79. The zero-order valence-corrected chi connectivity index (χ0v) is 16.6. The van der Waals surface area contributed by atoms with Crippen LogP contribution in [-0.2, 0) is 37.8 Å². The van der Waals surface area contributed by atoms with E-state index < -0.39 is 22.1 Å². The van der Waals surface area contributed by atoms with Gasteiger partial charge in [0.2, 0.25) is 10.0 Å². The van der Waals surface area contributed by atoms with Crippen molar-refractivity contribution in [2.75, 3.05) is 26.3 Å². The van der Waals surface area contributed by atoms with Gasteiger partial charge in [0.15, 0.2) is 6.10 Å². The Morgan fingerprint density at radius 1 is 1.39 bits per heavy atom. The van der Waals surface area contributed by atoms with Gasteiger partial charge in [0, 0.05) is 26.6 Å². The van der Waals surface area contributed by atoms with E-state index in [1.54, 1.807) is 18.2 Å². The highest BCUT2D eigenvalue weighted by atomic mass is 32.2. The van der Waals surface area contributed by atoms with Gasteiger partial charge >= 0.3 is 5.97 Å². The Bertz CT molecular complexity index is 1020. The lowest BCUT2D eigenvalue weighted by atomic mass is 10.3. The van der Waals surface area contributed by atoms with Gasteiger partial charge in [0.1, 0.15) is 11.9 Å². The molecule has 0 amide bonds. The Labute approximate surface area is 163 Å². The average Bonchev–Trinajstić information content (AvgIpc) is 3.02. The highest BCUT2D eigenvalue weighted by Gasteiger charge is 2.27. The second-order valence-electron chi connectivity index (χ2n) is 6.52. The highest BCUT2D eigenvalue weighted by molar-refractivity contribution is 7.89. The second kappa shape index (κ2) is 8.26. The lowest BCUT2D eigenvalue weighted by Gasteiger charge is -2.26. The molecule has 0 bridgehead atoms. The second-order valence-corrected chi connectivity index (χ2v) is 8.45. The Hall–Kier alpha value is -2.48. The van der Waals surface area contributed by atoms with Gasteiger partial charge < -0.3 is 14.0 Å². The Balaban J connectivity index is 1.80. The number of hydrogen-bond acceptors (Lipinski definition) is 7. The van der Waals surface area contributed by atoms with Crippen LogP contribution in [-0.4, -0.2) is 60.7 Å². The maximum Gasteiger partial charge on any atom is 0.307 e. The van der Waals surface area contributed by atoms with Gasteiger partial charge in [0.25, 0.3) is 0 Å². The molecule has 1 aromatic heterocycles. The average molecular weight is 406 g/mol. The molecular weight excluding hydrogens is 384 g/mol. The fraction of sp³-hybridized carbons (Fsp3) is 0.500. The summed E-state index contributed by atoms with van der Waals surface area (Å²) in [4.78, 5) is 16.4. The number of aromatic nitrogens is 2. The van der Waals surface area contributed by atoms with Crippen molar-refractivity contribution in [1.82, 2.24) is 13.9 Å². The number of sulfonamides is 1. The molecule has 28 heavy (non-hydrogen) atoms. The molecule has 1 atom stereocenters. The molecule has 2 aromatic rings. The van der Waals surface area contributed by atoms with Gasteiger partial charge in [-0.25, -0.2) is 13.4 Å². The van der Waals surface area contributed by atoms with Crippen LogP contribution < -0.4 is 0 Å². The van der Waals surface area contributed by atoms with Crippen molar-refractivity contribution in [3.8, 4) is 6.07 Å². The molecule has 1 aromatic carbocycles. The fourth-order valence-electron chi connectivity index (χ4n) is 3.05. The SMILES string of the molecule is C[C@H](C#N)OC(=O)CCc1nc2cc(S(=O)(=O)N3CCOCC3)ccc2n1C. The monoisotopic (exact) mass is 406 g/mol. The summed E-state index contributed by atoms with van der Waals surface area (Å²) in [6.07, 6.45) is -0.378. The molecule has 3 rings (SSSR count). The fourth-order valence-corrected chi connectivity index (χ4v) is 4.47. The lowest BCUT2D eigenvalue weighted by Crippen LogP contribution is -2.40. The maximum atomic E-state index is 12.8. The number of imidazole rings is 1. The molecular formula is C18H22N4O5S. The number of carbonyl (C=O) groups is 1. The van der Waals surface area contributed by atoms with Crippen LogP contribution in [0.5, 0.6) is 0 Å². The van der Waals surface area contributed by atoms with Crippen LogP contribution in [0.4, 0.5) is 0 Å². The van der Waals surface area contributed by atoms with Crippen molar-refractivity contribution in [2.24, 2.45) is 7.05 Å². The Morgan fingerprint density at radius 2 is 2.11 bits per heavy atom. The van der Waals surface area contributed by atoms with Crippen molar-refractivity contribution in [3.05, 3.63) is 24.0 Å². The van der Waals surface area contributed by atoms with Gasteiger partial charge in [-0.3, -0.25) is 4.79 Å². The van der Waals surface area contributed by atoms with Gasteiger partial charge in [-0.15, -0.1) is 0 Å². The van der Waals surface area contributed by atoms with E-state index >= 15 is 0 Å². The maximum absolute atomic E-state index is 12.8. The van der Waals surface area contributed by atoms with Gasteiger partial charge in [0.05, 0.1) is 35.6 Å². The predicted octanol–water partition coefficient (Wildman–Crippen LogP) is 0.982. The topological polar surface area (TPSA) is 115 Å². The van der Waals surface area contributed by atoms with Crippen LogP contribution >= 0.6 is 0 Å². The Morgan fingerprint density at radius 3 is 2.79 bits per heavy atom. The first kappa shape index (κ1) is 20.3. The molecule has 150 valence electrons. The van der Waals surface area contributed by atoms with Crippen molar-refractivity contribution in [2.45, 2.75) is 30.8 Å². The smallest absolute Gasteiger partial charge is 0.307 e. The third-order valence-electron chi connectivity index (χ3n) is 4.60. The summed E-state index contributed by atoms with van der Waals surface area (Å²) in [6, 6.07) is 6.69. The van der Waals surface area contributed by atoms with E-state index in [0.717, 1.165) is 5.52 Å². The van der Waals surface area contributed by atoms with Crippen LogP contribution in [0, 0.1) is 11.3 Å². The highest BCUT2D eigenvalue weighted by Crippen LogP contribution is 2.23. The third-order valence-corrected chi connectivity index (χ3v) is 6.49. The molecule has 0 radical (unpaired) electrons. The number of rotatable bonds is 6. The number of fused-ring (bicyclic) bond motifs is 1. The van der Waals surface area contributed by atoms with Gasteiger partial charge in [-0.1, -0.05) is 0 Å². The molecule has 1 fully saturated rings. The molecule has 1 aliphatic heterocycles. The molecule has 0 spiro atoms. The number of benzene rings is 1. The van der Waals surface area contributed by atoms with Crippen LogP contribution in [0.15, 0.2) is 23.1 Å². The molecule has 2 heterocycles. The number of carbonyl (C=O) groups excluding carboxylic acids is 1. The van der Waals surface area contributed by atoms with E-state index in [2.05, 4.69) is 4.98 Å². The number of nitrogens with zero attached hydrogens (tertiary/aromatic N) is 4. The lowest BCUT2D eigenvalue weighted by molar-refractivity contribution is -0.145. The molecule has 0 unspecified atom stereocenters. The molecule has 0 aliphatic carbocycles. The molecule has 0 saturated carbocycles. The van der Waals surface area contributed by atoms with Crippen molar-refractivity contribution >= 4 is 27.0 Å². The van der Waals surface area contributed by atoms with E-state index in [4.69, 9.17) is 14.7 Å². The first-order chi connectivity index (χ1) is 13.3. The van der Waals surface area contributed by atoms with E-state index in [9.17, 15) is 13.2 Å². The number of hydrogen-bond donors (Lipinski definition) is 0. The molecule has 1 aliphatic rings. The summed E-state index contributed by atoms with van der Waals surface area (Å²) in [5.74, 6) is 0.161. The molecule has 10 heteroatoms. The minimum absolute atomic E-state index is 0.0854. The molecule has 0 N–H and O–H groups in total. The summed E-state index contributed by atoms with van der Waals surface area (Å²) in [5, 5.41) is 8.69. The predicted molar refractivity (Wildman–Crippen MR) is 99.8 cm³/mol. The zero-order chi connectivity index (χ0) is 20.3. The standard InChI is InChI=1S/C18H22N4O5S/c1-13(12-19)27-18(23)6-5-17-20-15-11-14(3-4-16(15)21(17)2)28(24,25)22-7-9-26-10-8-22/h3-4,11,13H,5-10H2,1-2H3/t13-/m1/s1. The third kappa shape index (κ3) is 4.16. The van der Waals surface area contributed by atoms with E-state index in [1.165, 1.54) is 11.2 Å². The first-order valence-corrected chi connectivity index (χ1v) is 10.4. The van der Waals surface area contributed by atoms with Crippen molar-refractivity contribution < 1.29 is 22.7 Å². The molecule has 1 saturated heterocycles. The number of nitriles is 1. The molecule has 9 nitrogen and oxygen atoms in total. The zero-order valence-electron chi connectivity index (χ0n) is 15.8. The van der Waals surface area contributed by atoms with E-state index in [1.807, 2.05) is 17.7 Å². The van der Waals surface area contributed by atoms with Crippen molar-refractivity contribution in [1.29, 1.82) is 5.26 Å². The quantitative estimate of drug-likeness (QED) is 0.657. The Kier molecular flexibility index (Phi) is 5.98. The first-order valence-electron chi connectivity index (χ1n) is 8.95. The van der Waals surface area contributed by atoms with Gasteiger partial charge in [-0.2, -0.15) is 9.57 Å². The summed E-state index contributed by atoms with van der Waals surface area (Å²) >= 11 is 0. The summed E-state index contributed by atoms with van der Waals surface area (Å²) in [5.41, 5.74) is 1.32. The van der Waals surface area contributed by atoms with Crippen LogP contribution in [0.1, 0.15) is 19.2 Å². The number of ether oxygens (including phenoxy) is 2. The minimum Gasteiger partial charge on any atom is -0.447 e. The van der Waals surface area contributed by atoms with Crippen LogP contribution in [0.25, 0.3) is 11.0 Å². The largest absolute Gasteiger partial charge is 0.447 e. The van der Waals surface area contributed by atoms with E-state index in [-0.39, 0.29) is 11.3 Å². The normalized spacial score (nSPS) is 16.6. The number of esters is 1. The van der Waals surface area contributed by atoms with Crippen molar-refractivity contribution in [3.63, 3.8) is 0 Å². The van der Waals surface area contributed by atoms with Gasteiger partial charge in [-0.05, 0) is 25.1 Å². The minimum atomic E-state index is -3.60. The number of aryl methyl sites for hydroxylation is 2. The van der Waals surface area contributed by atoms with Crippen LogP contribution in [0.3, 0.4) is 0 Å². The van der Waals surface area contributed by atoms with E-state index in [0.29, 0.717) is 44.1 Å².